The van der Waals surface area contributed by atoms with E-state index in [2.05, 4.69) is 17.9 Å². The molecule has 2 heterocycles. The summed E-state index contributed by atoms with van der Waals surface area (Å²) in [6, 6.07) is 12.2. The molecule has 0 aliphatic carbocycles. The van der Waals surface area contributed by atoms with Crippen molar-refractivity contribution >= 4 is 17.2 Å². The zero-order valence-electron chi connectivity index (χ0n) is 19.9. The van der Waals surface area contributed by atoms with Gasteiger partial charge in [0, 0.05) is 18.5 Å². The molecule has 34 heavy (non-hydrogen) atoms. The molecule has 0 bridgehead atoms. The molecule has 1 saturated heterocycles. The Morgan fingerprint density at radius 3 is 2.71 bits per heavy atom. The third-order valence-electron chi connectivity index (χ3n) is 6.38. The average molecular weight is 482 g/mol. The van der Waals surface area contributed by atoms with E-state index in [1.807, 2.05) is 24.4 Å². The molecule has 0 atom stereocenters. The van der Waals surface area contributed by atoms with E-state index in [0.29, 0.717) is 19.7 Å². The van der Waals surface area contributed by atoms with Crippen LogP contribution >= 0.6 is 11.3 Å². The fraction of sp³-hybridized carbons (Fsp3) is 0.407. The van der Waals surface area contributed by atoms with E-state index < -0.39 is 5.82 Å². The Hall–Kier alpha value is -2.77. The predicted octanol–water partition coefficient (Wildman–Crippen LogP) is 5.61. The quantitative estimate of drug-likeness (QED) is 0.399. The zero-order valence-corrected chi connectivity index (χ0v) is 20.7. The Kier molecular flexibility index (Phi) is 8.29. The van der Waals surface area contributed by atoms with Crippen LogP contribution in [0.2, 0.25) is 0 Å². The molecule has 0 N–H and O–H groups in total. The Morgan fingerprint density at radius 1 is 1.12 bits per heavy atom. The minimum absolute atomic E-state index is 0.106. The van der Waals surface area contributed by atoms with Gasteiger partial charge in [0.15, 0.2) is 0 Å². The van der Waals surface area contributed by atoms with Gasteiger partial charge in [0.25, 0.3) is 5.91 Å². The maximum absolute atomic E-state index is 14.4. The van der Waals surface area contributed by atoms with Crippen molar-refractivity contribution in [1.82, 2.24) is 14.8 Å². The summed E-state index contributed by atoms with van der Waals surface area (Å²) in [5, 5.41) is 2.81. The molecule has 1 aliphatic rings. The van der Waals surface area contributed by atoms with E-state index in [1.165, 1.54) is 42.2 Å². The standard InChI is InChI=1S/C27H32FN3O2S/c1-20-9-8-12-25(21(20)2)33-18-26-29-22(19-34-26)17-31(16-15-30-13-6-3-7-14-30)27(32)23-10-4-5-11-24(23)28/h4-5,8-12,19H,3,6-7,13-18H2,1-2H3. The highest BCUT2D eigenvalue weighted by Gasteiger charge is 2.22. The number of hydrogen-bond acceptors (Lipinski definition) is 5. The second kappa shape index (κ2) is 11.6. The molecule has 3 aromatic rings. The monoisotopic (exact) mass is 481 g/mol. The summed E-state index contributed by atoms with van der Waals surface area (Å²) in [5.74, 6) is 0.0716. The highest BCUT2D eigenvalue weighted by Crippen LogP contribution is 2.23. The van der Waals surface area contributed by atoms with Crippen molar-refractivity contribution in [3.63, 3.8) is 0 Å². The third kappa shape index (κ3) is 6.21. The first-order valence-corrected chi connectivity index (χ1v) is 12.8. The molecular formula is C27H32FN3O2S. The van der Waals surface area contributed by atoms with Gasteiger partial charge in [0.2, 0.25) is 0 Å². The topological polar surface area (TPSA) is 45.7 Å². The number of ether oxygens (including phenoxy) is 1. The van der Waals surface area contributed by atoms with Crippen molar-refractivity contribution in [2.75, 3.05) is 26.2 Å². The number of hydrogen-bond donors (Lipinski definition) is 0. The fourth-order valence-electron chi connectivity index (χ4n) is 4.21. The summed E-state index contributed by atoms with van der Waals surface area (Å²) >= 11 is 1.52. The lowest BCUT2D eigenvalue weighted by molar-refractivity contribution is 0.0708. The first kappa shape index (κ1) is 24.4. The molecular weight excluding hydrogens is 449 g/mol. The third-order valence-corrected chi connectivity index (χ3v) is 7.26. The van der Waals surface area contributed by atoms with Crippen molar-refractivity contribution in [2.45, 2.75) is 46.3 Å². The molecule has 1 aromatic heterocycles. The van der Waals surface area contributed by atoms with Crippen LogP contribution in [0.15, 0.2) is 47.8 Å². The van der Waals surface area contributed by atoms with Crippen LogP contribution in [0, 0.1) is 19.7 Å². The average Bonchev–Trinajstić information content (AvgIpc) is 3.30. The van der Waals surface area contributed by atoms with Crippen LogP contribution < -0.4 is 4.74 Å². The molecule has 0 saturated carbocycles. The summed E-state index contributed by atoms with van der Waals surface area (Å²) in [5.41, 5.74) is 3.22. The van der Waals surface area contributed by atoms with E-state index >= 15 is 0 Å². The first-order valence-electron chi connectivity index (χ1n) is 11.9. The Morgan fingerprint density at radius 2 is 1.91 bits per heavy atom. The van der Waals surface area contributed by atoms with Gasteiger partial charge in [-0.05, 0) is 69.1 Å². The lowest BCUT2D eigenvalue weighted by atomic mass is 10.1. The minimum atomic E-state index is -0.489. The van der Waals surface area contributed by atoms with Crippen LogP contribution in [0.5, 0.6) is 5.75 Å². The molecule has 4 rings (SSSR count). The number of amides is 1. The molecule has 7 heteroatoms. The molecule has 0 spiro atoms. The van der Waals surface area contributed by atoms with Crippen LogP contribution in [0.25, 0.3) is 0 Å². The highest BCUT2D eigenvalue weighted by molar-refractivity contribution is 7.09. The molecule has 5 nitrogen and oxygen atoms in total. The van der Waals surface area contributed by atoms with Gasteiger partial charge in [-0.15, -0.1) is 11.3 Å². The predicted molar refractivity (Wildman–Crippen MR) is 134 cm³/mol. The summed E-state index contributed by atoms with van der Waals surface area (Å²) < 4.78 is 20.4. The van der Waals surface area contributed by atoms with Crippen LogP contribution in [0.4, 0.5) is 4.39 Å². The summed E-state index contributed by atoms with van der Waals surface area (Å²) in [7, 11) is 0. The van der Waals surface area contributed by atoms with Gasteiger partial charge in [-0.2, -0.15) is 0 Å². The summed E-state index contributed by atoms with van der Waals surface area (Å²) in [6.07, 6.45) is 3.65. The van der Waals surface area contributed by atoms with Crippen molar-refractivity contribution in [3.8, 4) is 5.75 Å². The Balaban J connectivity index is 1.44. The number of thiazole rings is 1. The van der Waals surface area contributed by atoms with E-state index in [9.17, 15) is 9.18 Å². The summed E-state index contributed by atoms with van der Waals surface area (Å²) in [6.45, 7) is 8.27. The number of carbonyl (C=O) groups excluding carboxylic acids is 1. The van der Waals surface area contributed by atoms with E-state index in [1.54, 1.807) is 23.1 Å². The second-order valence-corrected chi connectivity index (χ2v) is 9.77. The number of halogens is 1. The SMILES string of the molecule is Cc1cccc(OCc2nc(CN(CCN3CCCCC3)C(=O)c3ccccc3F)cs2)c1C. The van der Waals surface area contributed by atoms with E-state index in [-0.39, 0.29) is 11.5 Å². The Bertz CT molecular complexity index is 1110. The van der Waals surface area contributed by atoms with Gasteiger partial charge in [-0.1, -0.05) is 30.7 Å². The lowest BCUT2D eigenvalue weighted by Crippen LogP contribution is -2.40. The Labute approximate surface area is 205 Å². The minimum Gasteiger partial charge on any atom is -0.486 e. The zero-order chi connectivity index (χ0) is 23.9. The number of likely N-dealkylation sites (tertiary alicyclic amines) is 1. The molecule has 0 radical (unpaired) electrons. The van der Waals surface area contributed by atoms with Crippen molar-refractivity contribution in [2.24, 2.45) is 0 Å². The maximum Gasteiger partial charge on any atom is 0.257 e. The second-order valence-electron chi connectivity index (χ2n) is 8.83. The van der Waals surface area contributed by atoms with Gasteiger partial charge in [0.1, 0.15) is 23.2 Å². The van der Waals surface area contributed by atoms with Gasteiger partial charge >= 0.3 is 0 Å². The van der Waals surface area contributed by atoms with Crippen LogP contribution in [0.1, 0.15) is 51.4 Å². The van der Waals surface area contributed by atoms with Crippen molar-refractivity contribution in [3.05, 3.63) is 81.1 Å². The normalized spacial score (nSPS) is 14.2. The van der Waals surface area contributed by atoms with Crippen LogP contribution in [-0.2, 0) is 13.2 Å². The smallest absolute Gasteiger partial charge is 0.257 e. The van der Waals surface area contributed by atoms with Crippen LogP contribution in [-0.4, -0.2) is 46.9 Å². The van der Waals surface area contributed by atoms with Gasteiger partial charge in [-0.25, -0.2) is 9.37 Å². The van der Waals surface area contributed by atoms with E-state index in [4.69, 9.17) is 9.72 Å². The number of nitrogens with zero attached hydrogens (tertiary/aromatic N) is 3. The molecule has 0 unspecified atom stereocenters. The highest BCUT2D eigenvalue weighted by atomic mass is 32.1. The van der Waals surface area contributed by atoms with Crippen LogP contribution in [0.3, 0.4) is 0 Å². The molecule has 1 amide bonds. The molecule has 180 valence electrons. The summed E-state index contributed by atoms with van der Waals surface area (Å²) in [4.78, 5) is 22.1. The number of aryl methyl sites for hydroxylation is 1. The molecule has 2 aromatic carbocycles. The molecule has 1 fully saturated rings. The maximum atomic E-state index is 14.4. The van der Waals surface area contributed by atoms with E-state index in [0.717, 1.165) is 41.6 Å². The van der Waals surface area contributed by atoms with Gasteiger partial charge < -0.3 is 14.5 Å². The van der Waals surface area contributed by atoms with Gasteiger partial charge in [-0.3, -0.25) is 4.79 Å². The number of piperidine rings is 1. The number of carbonyl (C=O) groups is 1. The lowest BCUT2D eigenvalue weighted by Gasteiger charge is -2.30. The number of benzene rings is 2. The largest absolute Gasteiger partial charge is 0.486 e. The first-order chi connectivity index (χ1) is 16.5. The van der Waals surface area contributed by atoms with Gasteiger partial charge in [0.05, 0.1) is 17.8 Å². The van der Waals surface area contributed by atoms with Crippen molar-refractivity contribution in [1.29, 1.82) is 0 Å². The van der Waals surface area contributed by atoms with Crippen molar-refractivity contribution < 1.29 is 13.9 Å². The molecule has 1 aliphatic heterocycles. The fourth-order valence-corrected chi connectivity index (χ4v) is 4.90. The number of aromatic nitrogens is 1. The number of rotatable bonds is 9.